The molecule has 5 aromatic rings. The molecule has 7 heteroatoms. The molecule has 5 rings (SSSR count). The minimum Gasteiger partial charge on any atom is -0.504 e. The molecule has 0 saturated carbocycles. The molecule has 0 aliphatic rings. The molecule has 0 unspecified atom stereocenters. The van der Waals surface area contributed by atoms with Gasteiger partial charge in [0.1, 0.15) is 11.4 Å². The molecule has 0 atom stereocenters. The molecular formula is C23H20N6O. The van der Waals surface area contributed by atoms with Crippen molar-refractivity contribution in [2.24, 2.45) is 12.8 Å². The van der Waals surface area contributed by atoms with Gasteiger partial charge in [-0.2, -0.15) is 5.10 Å². The second-order valence-corrected chi connectivity index (χ2v) is 7.12. The molecule has 30 heavy (non-hydrogen) atoms. The Kier molecular flexibility index (Phi) is 4.30. The van der Waals surface area contributed by atoms with Crippen LogP contribution in [0.25, 0.3) is 44.9 Å². The van der Waals surface area contributed by atoms with E-state index < -0.39 is 0 Å². The van der Waals surface area contributed by atoms with Gasteiger partial charge in [0.15, 0.2) is 11.6 Å². The normalized spacial score (nSPS) is 11.3. The zero-order valence-electron chi connectivity index (χ0n) is 16.4. The van der Waals surface area contributed by atoms with Gasteiger partial charge in [-0.1, -0.05) is 30.3 Å². The molecule has 0 bridgehead atoms. The van der Waals surface area contributed by atoms with Crippen LogP contribution in [0, 0.1) is 0 Å². The molecule has 3 aromatic heterocycles. The Bertz CT molecular complexity index is 1340. The van der Waals surface area contributed by atoms with E-state index in [2.05, 4.69) is 20.1 Å². The molecule has 0 aliphatic carbocycles. The monoisotopic (exact) mass is 396 g/mol. The van der Waals surface area contributed by atoms with Gasteiger partial charge in [-0.3, -0.25) is 9.67 Å². The quantitative estimate of drug-likeness (QED) is 0.428. The van der Waals surface area contributed by atoms with Crippen molar-refractivity contribution in [3.05, 3.63) is 72.6 Å². The van der Waals surface area contributed by atoms with E-state index in [0.29, 0.717) is 23.8 Å². The first-order valence-electron chi connectivity index (χ1n) is 9.60. The van der Waals surface area contributed by atoms with Crippen molar-refractivity contribution >= 4 is 11.0 Å². The second kappa shape index (κ2) is 7.13. The van der Waals surface area contributed by atoms with E-state index in [1.165, 1.54) is 0 Å². The number of H-pyrrole nitrogens is 1. The van der Waals surface area contributed by atoms with Crippen LogP contribution in [0.2, 0.25) is 0 Å². The maximum atomic E-state index is 11.0. The number of benzene rings is 2. The number of nitrogens with zero attached hydrogens (tertiary/aromatic N) is 4. The first-order valence-corrected chi connectivity index (χ1v) is 9.60. The van der Waals surface area contributed by atoms with Crippen molar-refractivity contribution in [2.75, 3.05) is 0 Å². The highest BCUT2D eigenvalue weighted by Crippen LogP contribution is 2.37. The van der Waals surface area contributed by atoms with Crippen molar-refractivity contribution < 1.29 is 5.11 Å². The Hall–Kier alpha value is -3.97. The zero-order chi connectivity index (χ0) is 20.7. The molecule has 0 aliphatic heterocycles. The third-order valence-corrected chi connectivity index (χ3v) is 5.20. The first-order chi connectivity index (χ1) is 14.6. The number of aromatic nitrogens is 5. The van der Waals surface area contributed by atoms with E-state index in [9.17, 15) is 5.11 Å². The van der Waals surface area contributed by atoms with Crippen molar-refractivity contribution in [3.8, 4) is 39.7 Å². The average Bonchev–Trinajstić information content (AvgIpc) is 3.33. The molecular weight excluding hydrogens is 376 g/mol. The van der Waals surface area contributed by atoms with Gasteiger partial charge >= 0.3 is 0 Å². The van der Waals surface area contributed by atoms with Gasteiger partial charge in [0.25, 0.3) is 0 Å². The summed E-state index contributed by atoms with van der Waals surface area (Å²) in [6, 6.07) is 17.7. The summed E-state index contributed by atoms with van der Waals surface area (Å²) in [6.45, 7) is 0.459. The number of aryl methyl sites for hydroxylation is 1. The molecule has 0 amide bonds. The maximum Gasteiger partial charge on any atom is 0.173 e. The summed E-state index contributed by atoms with van der Waals surface area (Å²) in [5, 5.41) is 15.5. The van der Waals surface area contributed by atoms with E-state index in [4.69, 9.17) is 5.73 Å². The van der Waals surface area contributed by atoms with Crippen LogP contribution >= 0.6 is 0 Å². The van der Waals surface area contributed by atoms with Crippen LogP contribution in [-0.2, 0) is 13.6 Å². The number of pyridine rings is 1. The van der Waals surface area contributed by atoms with Crippen LogP contribution in [0.15, 0.2) is 67.0 Å². The summed E-state index contributed by atoms with van der Waals surface area (Å²) >= 11 is 0. The largest absolute Gasteiger partial charge is 0.504 e. The van der Waals surface area contributed by atoms with Gasteiger partial charge in [0.2, 0.25) is 0 Å². The maximum absolute atomic E-state index is 11.0. The molecule has 148 valence electrons. The number of nitrogens with one attached hydrogen (secondary N) is 1. The number of imidazole rings is 1. The summed E-state index contributed by atoms with van der Waals surface area (Å²) in [5.74, 6) is 0.651. The molecule has 3 heterocycles. The number of rotatable bonds is 4. The molecule has 0 fully saturated rings. The highest BCUT2D eigenvalue weighted by Gasteiger charge is 2.21. The van der Waals surface area contributed by atoms with Crippen LogP contribution in [-0.4, -0.2) is 29.8 Å². The Morgan fingerprint density at radius 2 is 1.67 bits per heavy atom. The Labute approximate surface area is 172 Å². The highest BCUT2D eigenvalue weighted by molar-refractivity contribution is 5.83. The molecule has 0 spiro atoms. The Balaban J connectivity index is 1.54. The first kappa shape index (κ1) is 18.1. The summed E-state index contributed by atoms with van der Waals surface area (Å²) in [5.41, 5.74) is 12.5. The fourth-order valence-corrected chi connectivity index (χ4v) is 3.63. The van der Waals surface area contributed by atoms with Gasteiger partial charge in [0.05, 0.1) is 11.0 Å². The van der Waals surface area contributed by atoms with Crippen LogP contribution in [0.5, 0.6) is 5.75 Å². The number of hydrogen-bond acceptors (Lipinski definition) is 5. The fraction of sp³-hybridized carbons (Fsp3) is 0.0870. The standard InChI is InChI=1S/C23H20N6O/c1-29-21(23-26-18-7-2-14(13-24)12-19(18)27-23)22(30)20(28-29)17-5-3-15(4-6-17)16-8-10-25-11-9-16/h2-12,30H,13,24H2,1H3,(H,26,27). The SMILES string of the molecule is Cn1nc(-c2ccc(-c3ccncc3)cc2)c(O)c1-c1nc2ccc(CN)cc2[nH]1. The van der Waals surface area contributed by atoms with Gasteiger partial charge < -0.3 is 15.8 Å². The molecule has 7 nitrogen and oxygen atoms in total. The van der Waals surface area contributed by atoms with Crippen molar-refractivity contribution in [1.82, 2.24) is 24.7 Å². The third kappa shape index (κ3) is 3.01. The third-order valence-electron chi connectivity index (χ3n) is 5.20. The van der Waals surface area contributed by atoms with Gasteiger partial charge in [-0.15, -0.1) is 0 Å². The van der Waals surface area contributed by atoms with Crippen LogP contribution in [0.3, 0.4) is 0 Å². The zero-order valence-corrected chi connectivity index (χ0v) is 16.4. The van der Waals surface area contributed by atoms with Crippen molar-refractivity contribution in [3.63, 3.8) is 0 Å². The minimum absolute atomic E-state index is 0.0901. The lowest BCUT2D eigenvalue weighted by Gasteiger charge is -2.03. The van der Waals surface area contributed by atoms with Crippen LogP contribution < -0.4 is 5.73 Å². The van der Waals surface area contributed by atoms with E-state index in [0.717, 1.165) is 33.3 Å². The predicted molar refractivity (Wildman–Crippen MR) is 117 cm³/mol. The number of aromatic hydroxyl groups is 1. The Morgan fingerprint density at radius 1 is 0.967 bits per heavy atom. The second-order valence-electron chi connectivity index (χ2n) is 7.12. The lowest BCUT2D eigenvalue weighted by atomic mass is 10.0. The smallest absolute Gasteiger partial charge is 0.173 e. The summed E-state index contributed by atoms with van der Waals surface area (Å²) in [6.07, 6.45) is 3.54. The van der Waals surface area contributed by atoms with Crippen molar-refractivity contribution in [2.45, 2.75) is 6.54 Å². The number of fused-ring (bicyclic) bond motifs is 1. The predicted octanol–water partition coefficient (Wildman–Crippen LogP) is 3.86. The minimum atomic E-state index is 0.0901. The van der Waals surface area contributed by atoms with E-state index in [1.54, 1.807) is 24.1 Å². The summed E-state index contributed by atoms with van der Waals surface area (Å²) in [7, 11) is 1.79. The summed E-state index contributed by atoms with van der Waals surface area (Å²) in [4.78, 5) is 11.9. The van der Waals surface area contributed by atoms with Gasteiger partial charge in [-0.25, -0.2) is 4.98 Å². The van der Waals surface area contributed by atoms with E-state index in [-0.39, 0.29) is 5.75 Å². The van der Waals surface area contributed by atoms with Crippen molar-refractivity contribution in [1.29, 1.82) is 0 Å². The lowest BCUT2D eigenvalue weighted by Crippen LogP contribution is -1.95. The highest BCUT2D eigenvalue weighted by atomic mass is 16.3. The molecule has 2 aromatic carbocycles. The number of nitrogens with two attached hydrogens (primary N) is 1. The fourth-order valence-electron chi connectivity index (χ4n) is 3.63. The van der Waals surface area contributed by atoms with Crippen LogP contribution in [0.4, 0.5) is 0 Å². The number of hydrogen-bond donors (Lipinski definition) is 3. The molecule has 4 N–H and O–H groups in total. The van der Waals surface area contributed by atoms with E-state index >= 15 is 0 Å². The molecule has 0 radical (unpaired) electrons. The summed E-state index contributed by atoms with van der Waals surface area (Å²) < 4.78 is 1.64. The topological polar surface area (TPSA) is 106 Å². The van der Waals surface area contributed by atoms with Crippen LogP contribution in [0.1, 0.15) is 5.56 Å². The lowest BCUT2D eigenvalue weighted by molar-refractivity contribution is 0.478. The van der Waals surface area contributed by atoms with E-state index in [1.807, 2.05) is 54.6 Å². The average molecular weight is 396 g/mol. The van der Waals surface area contributed by atoms with Gasteiger partial charge in [0, 0.05) is 31.5 Å². The number of aromatic amines is 1. The Morgan fingerprint density at radius 3 is 2.40 bits per heavy atom. The molecule has 0 saturated heterocycles. The van der Waals surface area contributed by atoms with Gasteiger partial charge in [-0.05, 0) is 41.0 Å².